The van der Waals surface area contributed by atoms with Crippen LogP contribution >= 0.6 is 12.2 Å². The molecule has 1 unspecified atom stereocenters. The Kier molecular flexibility index (Phi) is 3.67. The van der Waals surface area contributed by atoms with E-state index in [1.54, 1.807) is 0 Å². The van der Waals surface area contributed by atoms with Crippen molar-refractivity contribution in [3.8, 4) is 0 Å². The lowest BCUT2D eigenvalue weighted by Gasteiger charge is -2.30. The summed E-state index contributed by atoms with van der Waals surface area (Å²) in [5.41, 5.74) is 5.58. The van der Waals surface area contributed by atoms with E-state index in [1.165, 1.54) is 12.8 Å². The van der Waals surface area contributed by atoms with Gasteiger partial charge in [0.1, 0.15) is 0 Å². The second-order valence-electron chi connectivity index (χ2n) is 6.58. The summed E-state index contributed by atoms with van der Waals surface area (Å²) in [4.78, 5) is 13.0. The van der Waals surface area contributed by atoms with Crippen LogP contribution in [0.4, 0.5) is 0 Å². The van der Waals surface area contributed by atoms with Crippen molar-refractivity contribution < 1.29 is 4.79 Å². The number of rotatable bonds is 3. The summed E-state index contributed by atoms with van der Waals surface area (Å²) in [5.74, 6) is 0.0764. The predicted molar refractivity (Wildman–Crippen MR) is 77.2 cm³/mol. The van der Waals surface area contributed by atoms with Crippen LogP contribution in [0.25, 0.3) is 0 Å². The molecule has 18 heavy (non-hydrogen) atoms. The van der Waals surface area contributed by atoms with Crippen molar-refractivity contribution in [2.24, 2.45) is 16.6 Å². The van der Waals surface area contributed by atoms with Crippen molar-refractivity contribution in [3.63, 3.8) is 0 Å². The Labute approximate surface area is 115 Å². The van der Waals surface area contributed by atoms with Crippen molar-refractivity contribution in [1.82, 2.24) is 5.32 Å². The van der Waals surface area contributed by atoms with Crippen LogP contribution in [-0.4, -0.2) is 16.9 Å². The van der Waals surface area contributed by atoms with E-state index in [0.717, 1.165) is 32.1 Å². The van der Waals surface area contributed by atoms with Gasteiger partial charge in [-0.05, 0) is 24.7 Å². The number of nitrogens with one attached hydrogen (secondary N) is 1. The number of thiocarbonyl (C=S) groups is 1. The molecule has 3 N–H and O–H groups in total. The number of nitrogens with two attached hydrogens (primary N) is 1. The quantitative estimate of drug-likeness (QED) is 0.611. The molecule has 1 amide bonds. The third-order valence-corrected chi connectivity index (χ3v) is 5.07. The molecule has 2 saturated carbocycles. The fraction of sp³-hybridized carbons (Fsp3) is 0.857. The maximum Gasteiger partial charge on any atom is 0.233 e. The van der Waals surface area contributed by atoms with Crippen LogP contribution in [0.3, 0.4) is 0 Å². The average Bonchev–Trinajstić information content (AvgIpc) is 2.95. The summed E-state index contributed by atoms with van der Waals surface area (Å²) in [5, 5.41) is 3.16. The summed E-state index contributed by atoms with van der Waals surface area (Å²) in [6, 6.07) is 0.305. The van der Waals surface area contributed by atoms with Crippen LogP contribution < -0.4 is 11.1 Å². The molecule has 2 aliphatic carbocycles. The molecule has 0 radical (unpaired) electrons. The molecule has 102 valence electrons. The first-order chi connectivity index (χ1) is 8.38. The van der Waals surface area contributed by atoms with Crippen LogP contribution in [0.1, 0.15) is 58.8 Å². The first-order valence-electron chi connectivity index (χ1n) is 6.99. The molecule has 0 aromatic carbocycles. The maximum absolute atomic E-state index is 12.6. The fourth-order valence-corrected chi connectivity index (χ4v) is 3.22. The summed E-state index contributed by atoms with van der Waals surface area (Å²) in [6.45, 7) is 4.36. The molecule has 0 saturated heterocycles. The third-order valence-electron chi connectivity index (χ3n) is 4.68. The van der Waals surface area contributed by atoms with Crippen molar-refractivity contribution in [2.75, 3.05) is 0 Å². The maximum atomic E-state index is 12.6. The highest BCUT2D eigenvalue weighted by molar-refractivity contribution is 7.80. The van der Waals surface area contributed by atoms with Crippen molar-refractivity contribution in [3.05, 3.63) is 0 Å². The molecule has 2 fully saturated rings. The second-order valence-corrected chi connectivity index (χ2v) is 7.02. The summed E-state index contributed by atoms with van der Waals surface area (Å²) in [7, 11) is 0. The Bertz CT molecular complexity index is 357. The molecule has 0 spiro atoms. The first-order valence-corrected chi connectivity index (χ1v) is 7.40. The molecule has 0 bridgehead atoms. The van der Waals surface area contributed by atoms with Gasteiger partial charge in [0, 0.05) is 6.04 Å². The van der Waals surface area contributed by atoms with Crippen LogP contribution in [0, 0.1) is 10.8 Å². The molecule has 2 rings (SSSR count). The van der Waals surface area contributed by atoms with Gasteiger partial charge in [-0.3, -0.25) is 4.79 Å². The van der Waals surface area contributed by atoms with Crippen molar-refractivity contribution in [1.29, 1.82) is 0 Å². The molecule has 4 heteroatoms. The van der Waals surface area contributed by atoms with E-state index in [2.05, 4.69) is 19.2 Å². The van der Waals surface area contributed by atoms with Gasteiger partial charge in [0.25, 0.3) is 0 Å². The highest BCUT2D eigenvalue weighted by Gasteiger charge is 2.50. The Morgan fingerprint density at radius 2 is 1.72 bits per heavy atom. The Balaban J connectivity index is 2.09. The minimum Gasteiger partial charge on any atom is -0.392 e. The Morgan fingerprint density at radius 1 is 1.22 bits per heavy atom. The second kappa shape index (κ2) is 4.80. The van der Waals surface area contributed by atoms with Crippen LogP contribution in [0.15, 0.2) is 0 Å². The standard InChI is InChI=1S/C14H24N2OS/c1-13(2)9-10(13)16-12(17)14(11(15)18)7-5-3-4-6-8-14/h10H,3-9H2,1-2H3,(H2,15,18)(H,16,17). The smallest absolute Gasteiger partial charge is 0.233 e. The van der Waals surface area contributed by atoms with Crippen molar-refractivity contribution in [2.45, 2.75) is 64.8 Å². The monoisotopic (exact) mass is 268 g/mol. The lowest BCUT2D eigenvalue weighted by atomic mass is 9.79. The van der Waals surface area contributed by atoms with E-state index in [9.17, 15) is 4.79 Å². The zero-order chi connectivity index (χ0) is 13.4. The highest BCUT2D eigenvalue weighted by atomic mass is 32.1. The summed E-state index contributed by atoms with van der Waals surface area (Å²) < 4.78 is 0. The van der Waals surface area contributed by atoms with E-state index in [1.807, 2.05) is 0 Å². The molecule has 3 nitrogen and oxygen atoms in total. The van der Waals surface area contributed by atoms with Gasteiger partial charge in [-0.15, -0.1) is 0 Å². The topological polar surface area (TPSA) is 55.1 Å². The third kappa shape index (κ3) is 2.53. The van der Waals surface area contributed by atoms with E-state index >= 15 is 0 Å². The summed E-state index contributed by atoms with van der Waals surface area (Å²) in [6.07, 6.45) is 7.19. The van der Waals surface area contributed by atoms with Gasteiger partial charge in [-0.1, -0.05) is 51.7 Å². The van der Waals surface area contributed by atoms with Crippen LogP contribution in [-0.2, 0) is 4.79 Å². The zero-order valence-corrected chi connectivity index (χ0v) is 12.2. The Hall–Kier alpha value is -0.640. The molecule has 2 aliphatic rings. The largest absolute Gasteiger partial charge is 0.392 e. The van der Waals surface area contributed by atoms with Gasteiger partial charge in [0.2, 0.25) is 5.91 Å². The fourth-order valence-electron chi connectivity index (χ4n) is 2.93. The molecule has 0 aliphatic heterocycles. The van der Waals surface area contributed by atoms with Gasteiger partial charge in [-0.25, -0.2) is 0 Å². The minimum atomic E-state index is -0.579. The highest BCUT2D eigenvalue weighted by Crippen LogP contribution is 2.46. The molecule has 0 aromatic rings. The van der Waals surface area contributed by atoms with Gasteiger partial charge in [0.15, 0.2) is 0 Å². The SMILES string of the molecule is CC1(C)CC1NC(=O)C1(C(N)=S)CCCCCC1. The van der Waals surface area contributed by atoms with Gasteiger partial charge in [0.05, 0.1) is 10.4 Å². The number of carbonyl (C=O) groups excluding carboxylic acids is 1. The first kappa shape index (κ1) is 13.8. The molecule has 0 heterocycles. The van der Waals surface area contributed by atoms with E-state index < -0.39 is 5.41 Å². The molecular formula is C14H24N2OS. The van der Waals surface area contributed by atoms with Crippen LogP contribution in [0.5, 0.6) is 0 Å². The molecule has 1 atom stereocenters. The average molecular weight is 268 g/mol. The Morgan fingerprint density at radius 3 is 2.11 bits per heavy atom. The lowest BCUT2D eigenvalue weighted by molar-refractivity contribution is -0.128. The van der Waals surface area contributed by atoms with Gasteiger partial charge >= 0.3 is 0 Å². The number of amides is 1. The van der Waals surface area contributed by atoms with Gasteiger partial charge < -0.3 is 11.1 Å². The molecule has 0 aromatic heterocycles. The number of hydrogen-bond donors (Lipinski definition) is 2. The normalized spacial score (nSPS) is 29.1. The van der Waals surface area contributed by atoms with E-state index in [4.69, 9.17) is 18.0 Å². The van der Waals surface area contributed by atoms with E-state index in [-0.39, 0.29) is 11.3 Å². The van der Waals surface area contributed by atoms with Crippen LogP contribution in [0.2, 0.25) is 0 Å². The predicted octanol–water partition coefficient (Wildman–Crippen LogP) is 2.53. The lowest BCUT2D eigenvalue weighted by Crippen LogP contribution is -2.49. The zero-order valence-electron chi connectivity index (χ0n) is 11.4. The summed E-state index contributed by atoms with van der Waals surface area (Å²) >= 11 is 5.21. The van der Waals surface area contributed by atoms with Crippen molar-refractivity contribution >= 4 is 23.1 Å². The minimum absolute atomic E-state index is 0.0764. The number of carbonyl (C=O) groups is 1. The number of hydrogen-bond acceptors (Lipinski definition) is 2. The molecular weight excluding hydrogens is 244 g/mol. The van der Waals surface area contributed by atoms with E-state index in [0.29, 0.717) is 11.0 Å². The van der Waals surface area contributed by atoms with Gasteiger partial charge in [-0.2, -0.15) is 0 Å².